The van der Waals surface area contributed by atoms with Crippen LogP contribution in [0, 0.1) is 0 Å². The number of H-pyrrole nitrogens is 1. The second-order valence-corrected chi connectivity index (χ2v) is 7.69. The van der Waals surface area contributed by atoms with Gasteiger partial charge in [0, 0.05) is 32.3 Å². The Kier molecular flexibility index (Phi) is 5.38. The Hall–Kier alpha value is -2.74. The van der Waals surface area contributed by atoms with Gasteiger partial charge in [0.1, 0.15) is 11.3 Å². The van der Waals surface area contributed by atoms with Gasteiger partial charge in [-0.2, -0.15) is 0 Å². The van der Waals surface area contributed by atoms with Crippen molar-refractivity contribution in [2.45, 2.75) is 32.9 Å². The van der Waals surface area contributed by atoms with Gasteiger partial charge in [-0.1, -0.05) is 37.3 Å². The second-order valence-electron chi connectivity index (χ2n) is 6.83. The normalized spacial score (nSPS) is 13.7. The highest BCUT2D eigenvalue weighted by molar-refractivity contribution is 8.02. The van der Waals surface area contributed by atoms with E-state index in [1.165, 1.54) is 4.57 Å². The van der Waals surface area contributed by atoms with Crippen molar-refractivity contribution < 1.29 is 0 Å². The highest BCUT2D eigenvalue weighted by atomic mass is 32.2. The number of hydrogen-bond donors (Lipinski definition) is 1. The fourth-order valence-corrected chi connectivity index (χ4v) is 4.14. The summed E-state index contributed by atoms with van der Waals surface area (Å²) in [5.74, 6) is 1.57. The molecule has 4 rings (SSSR count). The zero-order valence-corrected chi connectivity index (χ0v) is 16.6. The van der Waals surface area contributed by atoms with Crippen molar-refractivity contribution in [3.63, 3.8) is 0 Å². The van der Waals surface area contributed by atoms with Crippen LogP contribution in [-0.2, 0) is 19.5 Å². The van der Waals surface area contributed by atoms with Crippen LogP contribution in [0.1, 0.15) is 24.7 Å². The number of nitrogens with one attached hydrogen (secondary N) is 1. The maximum absolute atomic E-state index is 13.0. The minimum atomic E-state index is -0.290. The summed E-state index contributed by atoms with van der Waals surface area (Å²) in [7, 11) is 0. The molecule has 3 heterocycles. The standard InChI is InChI=1S/C20H23N5O2S/c1-2-8-25-19(26)17-18(22-16(21-17)13-15-6-4-3-5-7-15)24(20(25)27)10-9-23-11-12-28-14-23/h3-7,11-12H,2,8-10,13-14H2,1H3,(H,21,22). The second kappa shape index (κ2) is 8.10. The molecular weight excluding hydrogens is 374 g/mol. The summed E-state index contributed by atoms with van der Waals surface area (Å²) in [5, 5.41) is 2.04. The van der Waals surface area contributed by atoms with Crippen molar-refractivity contribution in [2.75, 3.05) is 12.4 Å². The summed E-state index contributed by atoms with van der Waals surface area (Å²) in [5.41, 5.74) is 1.38. The smallest absolute Gasteiger partial charge is 0.332 e. The van der Waals surface area contributed by atoms with Crippen molar-refractivity contribution in [3.05, 3.63) is 74.2 Å². The lowest BCUT2D eigenvalue weighted by Gasteiger charge is -2.16. The summed E-state index contributed by atoms with van der Waals surface area (Å²) in [6.45, 7) is 3.55. The van der Waals surface area contributed by atoms with E-state index in [4.69, 9.17) is 0 Å². The molecule has 0 saturated carbocycles. The molecule has 2 aromatic heterocycles. The van der Waals surface area contributed by atoms with E-state index in [-0.39, 0.29) is 11.2 Å². The van der Waals surface area contributed by atoms with E-state index in [1.807, 2.05) is 48.9 Å². The molecule has 0 amide bonds. The molecule has 0 radical (unpaired) electrons. The Morgan fingerprint density at radius 2 is 1.93 bits per heavy atom. The van der Waals surface area contributed by atoms with Crippen LogP contribution < -0.4 is 11.2 Å². The van der Waals surface area contributed by atoms with Crippen LogP contribution in [0.25, 0.3) is 11.2 Å². The molecule has 3 aromatic rings. The van der Waals surface area contributed by atoms with Gasteiger partial charge in [0.25, 0.3) is 5.56 Å². The van der Waals surface area contributed by atoms with Crippen LogP contribution in [0.2, 0.25) is 0 Å². The van der Waals surface area contributed by atoms with E-state index in [9.17, 15) is 9.59 Å². The number of nitrogens with zero attached hydrogens (tertiary/aromatic N) is 4. The summed E-state index contributed by atoms with van der Waals surface area (Å²) in [6.07, 6.45) is 3.33. The molecule has 1 aromatic carbocycles. The van der Waals surface area contributed by atoms with Gasteiger partial charge in [-0.3, -0.25) is 13.9 Å². The third kappa shape index (κ3) is 3.64. The Bertz CT molecular complexity index is 1110. The molecule has 1 aliphatic rings. The number of thioether (sulfide) groups is 1. The van der Waals surface area contributed by atoms with E-state index in [2.05, 4.69) is 14.9 Å². The monoisotopic (exact) mass is 397 g/mol. The molecule has 0 saturated heterocycles. The minimum absolute atomic E-state index is 0.284. The van der Waals surface area contributed by atoms with Gasteiger partial charge in [0.2, 0.25) is 0 Å². The molecule has 0 spiro atoms. The Morgan fingerprint density at radius 3 is 2.64 bits per heavy atom. The Morgan fingerprint density at radius 1 is 1.11 bits per heavy atom. The Balaban J connectivity index is 1.76. The van der Waals surface area contributed by atoms with Gasteiger partial charge < -0.3 is 9.88 Å². The molecule has 1 aliphatic heterocycles. The molecule has 0 unspecified atom stereocenters. The molecule has 0 bridgehead atoms. The molecule has 146 valence electrons. The van der Waals surface area contributed by atoms with Crippen LogP contribution >= 0.6 is 11.8 Å². The molecule has 7 nitrogen and oxygen atoms in total. The quantitative estimate of drug-likeness (QED) is 0.662. The zero-order chi connectivity index (χ0) is 19.5. The first kappa shape index (κ1) is 18.6. The molecule has 1 N–H and O–H groups in total. The lowest BCUT2D eigenvalue weighted by atomic mass is 10.1. The molecule has 0 aliphatic carbocycles. The number of benzene rings is 1. The van der Waals surface area contributed by atoms with Gasteiger partial charge >= 0.3 is 5.69 Å². The largest absolute Gasteiger partial charge is 0.366 e. The van der Waals surface area contributed by atoms with Gasteiger partial charge in [-0.05, 0) is 17.4 Å². The number of imidazole rings is 1. The van der Waals surface area contributed by atoms with Crippen molar-refractivity contribution in [3.8, 4) is 0 Å². The number of fused-ring (bicyclic) bond motifs is 1. The molecule has 0 atom stereocenters. The average molecular weight is 398 g/mol. The number of aromatic amines is 1. The summed E-state index contributed by atoms with van der Waals surface area (Å²) >= 11 is 1.73. The fraction of sp³-hybridized carbons (Fsp3) is 0.350. The first-order valence-electron chi connectivity index (χ1n) is 9.46. The highest BCUT2D eigenvalue weighted by Gasteiger charge is 2.18. The molecule has 28 heavy (non-hydrogen) atoms. The third-order valence-corrected chi connectivity index (χ3v) is 5.59. The van der Waals surface area contributed by atoms with Gasteiger partial charge in [0.15, 0.2) is 5.65 Å². The Labute approximate surface area is 166 Å². The van der Waals surface area contributed by atoms with Crippen LogP contribution in [-0.4, -0.2) is 36.4 Å². The number of hydrogen-bond acceptors (Lipinski definition) is 5. The van der Waals surface area contributed by atoms with E-state index in [0.29, 0.717) is 43.0 Å². The first-order valence-corrected chi connectivity index (χ1v) is 10.5. The van der Waals surface area contributed by atoms with Gasteiger partial charge in [-0.15, -0.1) is 11.8 Å². The lowest BCUT2D eigenvalue weighted by Crippen LogP contribution is -2.41. The minimum Gasteiger partial charge on any atom is -0.366 e. The topological polar surface area (TPSA) is 75.9 Å². The number of rotatable bonds is 7. The number of aromatic nitrogens is 4. The van der Waals surface area contributed by atoms with Crippen molar-refractivity contribution >= 4 is 22.9 Å². The highest BCUT2D eigenvalue weighted by Crippen LogP contribution is 2.15. The van der Waals surface area contributed by atoms with Gasteiger partial charge in [0.05, 0.1) is 5.88 Å². The van der Waals surface area contributed by atoms with Gasteiger partial charge in [-0.25, -0.2) is 9.78 Å². The van der Waals surface area contributed by atoms with Crippen molar-refractivity contribution in [1.29, 1.82) is 0 Å². The average Bonchev–Trinajstić information content (AvgIpc) is 3.36. The maximum Gasteiger partial charge on any atom is 0.332 e. The van der Waals surface area contributed by atoms with E-state index < -0.39 is 0 Å². The third-order valence-electron chi connectivity index (χ3n) is 4.79. The molecule has 8 heteroatoms. The predicted octanol–water partition coefficient (Wildman–Crippen LogP) is 2.36. The predicted molar refractivity (Wildman–Crippen MR) is 112 cm³/mol. The fourth-order valence-electron chi connectivity index (χ4n) is 3.39. The van der Waals surface area contributed by atoms with Crippen molar-refractivity contribution in [1.82, 2.24) is 24.0 Å². The van der Waals surface area contributed by atoms with Crippen LogP contribution in [0.5, 0.6) is 0 Å². The summed E-state index contributed by atoms with van der Waals surface area (Å²) in [4.78, 5) is 35.8. The van der Waals surface area contributed by atoms with Crippen LogP contribution in [0.3, 0.4) is 0 Å². The SMILES string of the molecule is CCCn1c(=O)c2[nH]c(Cc3ccccc3)nc2n(CCN2C=CSC2)c1=O. The molecule has 0 fully saturated rings. The lowest BCUT2D eigenvalue weighted by molar-refractivity contribution is 0.408. The maximum atomic E-state index is 13.0. The molecular formula is C20H23N5O2S. The zero-order valence-electron chi connectivity index (χ0n) is 15.8. The van der Waals surface area contributed by atoms with Crippen molar-refractivity contribution in [2.24, 2.45) is 0 Å². The first-order chi connectivity index (χ1) is 13.7. The van der Waals surface area contributed by atoms with E-state index >= 15 is 0 Å². The van der Waals surface area contributed by atoms with Crippen LogP contribution in [0.4, 0.5) is 0 Å². The van der Waals surface area contributed by atoms with Crippen LogP contribution in [0.15, 0.2) is 51.5 Å². The van der Waals surface area contributed by atoms with E-state index in [1.54, 1.807) is 16.3 Å². The summed E-state index contributed by atoms with van der Waals surface area (Å²) < 4.78 is 2.95. The van der Waals surface area contributed by atoms with E-state index in [0.717, 1.165) is 17.9 Å². The summed E-state index contributed by atoms with van der Waals surface area (Å²) in [6, 6.07) is 9.96.